The quantitative estimate of drug-likeness (QED) is 0.262. The molecule has 1 N–H and O–H groups in total. The van der Waals surface area contributed by atoms with Crippen LogP contribution in [-0.2, 0) is 6.54 Å². The summed E-state index contributed by atoms with van der Waals surface area (Å²) >= 11 is 0. The third-order valence-electron chi connectivity index (χ3n) is 6.73. The van der Waals surface area contributed by atoms with E-state index in [1.54, 1.807) is 0 Å². The van der Waals surface area contributed by atoms with Gasteiger partial charge in [-0.3, -0.25) is 0 Å². The van der Waals surface area contributed by atoms with E-state index in [0.717, 1.165) is 16.7 Å². The van der Waals surface area contributed by atoms with Crippen molar-refractivity contribution in [3.63, 3.8) is 0 Å². The molecule has 0 fully saturated rings. The Kier molecular flexibility index (Phi) is 7.77. The summed E-state index contributed by atoms with van der Waals surface area (Å²) in [6.07, 6.45) is 6.83. The first-order valence-electron chi connectivity index (χ1n) is 12.3. The van der Waals surface area contributed by atoms with E-state index in [1.807, 2.05) is 44.3 Å². The van der Waals surface area contributed by atoms with Crippen molar-refractivity contribution in [3.05, 3.63) is 125 Å². The van der Waals surface area contributed by atoms with Crippen molar-refractivity contribution in [2.75, 3.05) is 0 Å². The summed E-state index contributed by atoms with van der Waals surface area (Å²) < 4.78 is 14.9. The van der Waals surface area contributed by atoms with E-state index in [0.29, 0.717) is 25.2 Å². The van der Waals surface area contributed by atoms with Gasteiger partial charge in [0.2, 0.25) is 0 Å². The van der Waals surface area contributed by atoms with Gasteiger partial charge < -0.3 is 5.32 Å². The smallest absolute Gasteiger partial charge is 0.118 e. The molecule has 0 bridgehead atoms. The Hall–Kier alpha value is -3.72. The maximum absolute atomic E-state index is 14.9. The van der Waals surface area contributed by atoms with Gasteiger partial charge in [-0.1, -0.05) is 92.4 Å². The van der Waals surface area contributed by atoms with Crippen LogP contribution < -0.4 is 5.32 Å². The lowest BCUT2D eigenvalue weighted by atomic mass is 9.75. The van der Waals surface area contributed by atoms with Crippen molar-refractivity contribution in [1.29, 1.82) is 0 Å². The summed E-state index contributed by atoms with van der Waals surface area (Å²) in [7, 11) is 0. The monoisotopic (exact) mass is 464 g/mol. The third-order valence-corrected chi connectivity index (χ3v) is 6.73. The minimum Gasteiger partial charge on any atom is -0.366 e. The molecule has 1 atom stereocenters. The number of hydrogen-bond acceptors (Lipinski definition) is 2. The molecule has 1 unspecified atom stereocenters. The summed E-state index contributed by atoms with van der Waals surface area (Å²) in [5, 5.41) is 5.80. The molecule has 0 radical (unpaired) electrons. The van der Waals surface area contributed by atoms with Gasteiger partial charge in [0.05, 0.1) is 0 Å². The van der Waals surface area contributed by atoms with E-state index in [4.69, 9.17) is 0 Å². The van der Waals surface area contributed by atoms with Crippen LogP contribution in [0.1, 0.15) is 56.2 Å². The summed E-state index contributed by atoms with van der Waals surface area (Å²) in [5.41, 5.74) is 6.58. The molecule has 0 heterocycles. The lowest BCUT2D eigenvalue weighted by Crippen LogP contribution is -2.14. The van der Waals surface area contributed by atoms with Crippen molar-refractivity contribution in [1.82, 2.24) is 5.32 Å². The summed E-state index contributed by atoms with van der Waals surface area (Å²) in [4.78, 5) is 4.65. The summed E-state index contributed by atoms with van der Waals surface area (Å²) in [6, 6.07) is 23.0. The number of rotatable bonds is 8. The highest BCUT2D eigenvalue weighted by molar-refractivity contribution is 5.93. The fraction of sp³-hybridized carbons (Fsp3) is 0.219. The van der Waals surface area contributed by atoms with Gasteiger partial charge in [-0.15, -0.1) is 0 Å². The molecule has 2 nitrogen and oxygen atoms in total. The average Bonchev–Trinajstić information content (AvgIpc) is 2.90. The molecule has 3 aromatic carbocycles. The van der Waals surface area contributed by atoms with Crippen LogP contribution in [-0.4, -0.2) is 6.21 Å². The Morgan fingerprint density at radius 2 is 1.83 bits per heavy atom. The van der Waals surface area contributed by atoms with Crippen LogP contribution in [0.15, 0.2) is 113 Å². The highest BCUT2D eigenvalue weighted by Crippen LogP contribution is 2.43. The maximum atomic E-state index is 14.9. The zero-order chi connectivity index (χ0) is 24.8. The van der Waals surface area contributed by atoms with Gasteiger partial charge in [-0.05, 0) is 70.9 Å². The molecule has 0 amide bonds. The van der Waals surface area contributed by atoms with Gasteiger partial charge in [0, 0.05) is 18.7 Å². The van der Waals surface area contributed by atoms with Gasteiger partial charge in [-0.2, -0.15) is 0 Å². The van der Waals surface area contributed by atoms with Crippen molar-refractivity contribution in [3.8, 4) is 0 Å². The first-order chi connectivity index (χ1) is 17.0. The fourth-order valence-corrected chi connectivity index (χ4v) is 4.85. The highest BCUT2D eigenvalue weighted by atomic mass is 19.1. The predicted octanol–water partition coefficient (Wildman–Crippen LogP) is 8.64. The number of halogens is 1. The summed E-state index contributed by atoms with van der Waals surface area (Å²) in [6.45, 7) is 10.7. The van der Waals surface area contributed by atoms with Crippen LogP contribution in [0.3, 0.4) is 0 Å². The van der Waals surface area contributed by atoms with Crippen LogP contribution in [0.25, 0.3) is 16.3 Å². The van der Waals surface area contributed by atoms with Crippen molar-refractivity contribution < 1.29 is 4.39 Å². The summed E-state index contributed by atoms with van der Waals surface area (Å²) in [5.74, 6) is 0.516. The van der Waals surface area contributed by atoms with Crippen LogP contribution >= 0.6 is 0 Å². The average molecular weight is 465 g/mol. The largest absolute Gasteiger partial charge is 0.366 e. The molecule has 35 heavy (non-hydrogen) atoms. The number of nitrogens with zero attached hydrogens (tertiary/aromatic N) is 1. The highest BCUT2D eigenvalue weighted by Gasteiger charge is 2.27. The molecule has 178 valence electrons. The molecule has 1 aliphatic carbocycles. The molecule has 3 aromatic rings. The van der Waals surface area contributed by atoms with Gasteiger partial charge >= 0.3 is 0 Å². The number of fused-ring (bicyclic) bond motifs is 2. The van der Waals surface area contributed by atoms with Gasteiger partial charge in [0.25, 0.3) is 0 Å². The standard InChI is InChI=1S/C32H33FN2/c1-5-12-30(32(33)6-2)31-19-26(22(3)27-16-9-10-18-29(27)31)21-35-23(4)34-20-25-15-11-14-24-13-7-8-17-28(24)25/h5,7-18,21,31,34H,4,6,19-20H2,1-3H3/b12-5-,32-30-,35-21-. The number of aliphatic imine (C=N–C) groups is 1. The van der Waals surface area contributed by atoms with Crippen molar-refractivity contribution in [2.45, 2.75) is 46.1 Å². The Morgan fingerprint density at radius 3 is 2.63 bits per heavy atom. The Labute approximate surface area is 208 Å². The molecular formula is C32H33FN2. The normalized spacial score (nSPS) is 16.6. The second kappa shape index (κ2) is 11.1. The number of allylic oxidation sites excluding steroid dienone is 6. The molecule has 0 spiro atoms. The molecule has 1 aliphatic rings. The minimum atomic E-state index is -0.0556. The Morgan fingerprint density at radius 1 is 1.09 bits per heavy atom. The molecular weight excluding hydrogens is 431 g/mol. The Bertz CT molecular complexity index is 1350. The van der Waals surface area contributed by atoms with Crippen LogP contribution in [0.4, 0.5) is 4.39 Å². The topological polar surface area (TPSA) is 24.4 Å². The van der Waals surface area contributed by atoms with E-state index >= 15 is 0 Å². The number of nitrogens with one attached hydrogen (secondary N) is 1. The Balaban J connectivity index is 1.57. The van der Waals surface area contributed by atoms with Gasteiger partial charge in [0.1, 0.15) is 11.6 Å². The third kappa shape index (κ3) is 5.35. The maximum Gasteiger partial charge on any atom is 0.118 e. The van der Waals surface area contributed by atoms with Crippen LogP contribution in [0.5, 0.6) is 0 Å². The molecule has 0 aromatic heterocycles. The minimum absolute atomic E-state index is 0.0376. The van der Waals surface area contributed by atoms with E-state index in [1.165, 1.54) is 27.5 Å². The molecule has 0 saturated carbocycles. The van der Waals surface area contributed by atoms with Crippen LogP contribution in [0, 0.1) is 0 Å². The van der Waals surface area contributed by atoms with E-state index in [2.05, 4.69) is 78.4 Å². The van der Waals surface area contributed by atoms with Gasteiger partial charge in [-0.25, -0.2) is 9.38 Å². The van der Waals surface area contributed by atoms with Crippen molar-refractivity contribution >= 4 is 22.6 Å². The van der Waals surface area contributed by atoms with Crippen LogP contribution in [0.2, 0.25) is 0 Å². The molecule has 0 aliphatic heterocycles. The lowest BCUT2D eigenvalue weighted by Gasteiger charge is -2.29. The predicted molar refractivity (Wildman–Crippen MR) is 148 cm³/mol. The number of benzene rings is 3. The second-order valence-electron chi connectivity index (χ2n) is 8.90. The molecule has 4 rings (SSSR count). The zero-order valence-electron chi connectivity index (χ0n) is 20.8. The van der Waals surface area contributed by atoms with E-state index < -0.39 is 0 Å². The lowest BCUT2D eigenvalue weighted by molar-refractivity contribution is 0.578. The van der Waals surface area contributed by atoms with E-state index in [-0.39, 0.29) is 11.7 Å². The number of hydrogen-bond donors (Lipinski definition) is 1. The second-order valence-corrected chi connectivity index (χ2v) is 8.90. The first kappa shape index (κ1) is 24.4. The zero-order valence-corrected chi connectivity index (χ0v) is 20.8. The molecule has 3 heteroatoms. The SMILES string of the molecule is C=C(/N=C\C1=C(C)c2ccccc2C(C(/C=C\C)=C(\F)CC)C1)NCc1cccc2ccccc12. The first-order valence-corrected chi connectivity index (χ1v) is 12.3. The molecule has 0 saturated heterocycles. The van der Waals surface area contributed by atoms with E-state index in [9.17, 15) is 4.39 Å². The fourth-order valence-electron chi connectivity index (χ4n) is 4.85. The van der Waals surface area contributed by atoms with Gasteiger partial charge in [0.15, 0.2) is 0 Å². The van der Waals surface area contributed by atoms with Crippen molar-refractivity contribution in [2.24, 2.45) is 4.99 Å².